The van der Waals surface area contributed by atoms with E-state index < -0.39 is 0 Å². The fourth-order valence-electron chi connectivity index (χ4n) is 2.68. The number of piperazine rings is 1. The van der Waals surface area contributed by atoms with E-state index in [0.717, 1.165) is 37.7 Å². The standard InChI is InChI=1S/C16H19FN4O2/c1-23-15-8-12(17)2-3-14(15)20-4-6-21(7-5-20)16-10-18-13(11-22)9-19-16/h2-3,8-10,22H,4-7,11H2,1H3. The number of benzene rings is 1. The van der Waals surface area contributed by atoms with Crippen molar-refractivity contribution in [2.75, 3.05) is 43.1 Å². The highest BCUT2D eigenvalue weighted by molar-refractivity contribution is 5.59. The normalized spacial score (nSPS) is 14.9. The lowest BCUT2D eigenvalue weighted by Crippen LogP contribution is -2.47. The molecule has 2 heterocycles. The van der Waals surface area contributed by atoms with Crippen molar-refractivity contribution < 1.29 is 14.2 Å². The SMILES string of the molecule is COc1cc(F)ccc1N1CCN(c2cnc(CO)cn2)CC1. The summed E-state index contributed by atoms with van der Waals surface area (Å²) in [7, 11) is 1.55. The van der Waals surface area contributed by atoms with Crippen molar-refractivity contribution in [2.24, 2.45) is 0 Å². The van der Waals surface area contributed by atoms with Gasteiger partial charge in [0.1, 0.15) is 17.4 Å². The minimum atomic E-state index is -0.302. The summed E-state index contributed by atoms with van der Waals surface area (Å²) in [5, 5.41) is 9.01. The second kappa shape index (κ2) is 6.78. The first kappa shape index (κ1) is 15.5. The maximum atomic E-state index is 13.3. The average Bonchev–Trinajstić information content (AvgIpc) is 2.62. The number of anilines is 2. The van der Waals surface area contributed by atoms with Crippen LogP contribution in [0.5, 0.6) is 5.75 Å². The third kappa shape index (κ3) is 3.34. The first-order valence-corrected chi connectivity index (χ1v) is 7.46. The zero-order chi connectivity index (χ0) is 16.2. The molecular formula is C16H19FN4O2. The molecule has 122 valence electrons. The maximum absolute atomic E-state index is 13.3. The van der Waals surface area contributed by atoms with E-state index in [2.05, 4.69) is 19.8 Å². The van der Waals surface area contributed by atoms with E-state index in [0.29, 0.717) is 11.4 Å². The molecule has 0 spiro atoms. The van der Waals surface area contributed by atoms with Gasteiger partial charge in [-0.2, -0.15) is 0 Å². The molecule has 0 aliphatic carbocycles. The van der Waals surface area contributed by atoms with Crippen LogP contribution in [0.3, 0.4) is 0 Å². The van der Waals surface area contributed by atoms with E-state index in [1.807, 2.05) is 0 Å². The molecule has 1 aliphatic heterocycles. The predicted molar refractivity (Wildman–Crippen MR) is 85.3 cm³/mol. The van der Waals surface area contributed by atoms with Crippen molar-refractivity contribution in [2.45, 2.75) is 6.61 Å². The molecule has 0 saturated carbocycles. The van der Waals surface area contributed by atoms with Crippen LogP contribution in [-0.2, 0) is 6.61 Å². The summed E-state index contributed by atoms with van der Waals surface area (Å²) in [6, 6.07) is 4.60. The molecule has 0 atom stereocenters. The molecule has 6 nitrogen and oxygen atoms in total. The van der Waals surface area contributed by atoms with Gasteiger partial charge in [-0.25, -0.2) is 9.37 Å². The van der Waals surface area contributed by atoms with E-state index in [-0.39, 0.29) is 12.4 Å². The third-order valence-corrected chi connectivity index (χ3v) is 3.94. The van der Waals surface area contributed by atoms with Gasteiger partial charge in [0, 0.05) is 32.2 Å². The Bertz CT molecular complexity index is 658. The number of aliphatic hydroxyl groups is 1. The molecule has 7 heteroatoms. The van der Waals surface area contributed by atoms with Crippen molar-refractivity contribution in [3.63, 3.8) is 0 Å². The molecule has 1 aromatic carbocycles. The molecule has 0 radical (unpaired) electrons. The molecule has 1 aromatic heterocycles. The van der Waals surface area contributed by atoms with Gasteiger partial charge in [0.05, 0.1) is 37.5 Å². The molecule has 0 unspecified atom stereocenters. The van der Waals surface area contributed by atoms with Crippen molar-refractivity contribution in [1.29, 1.82) is 0 Å². The Kier molecular flexibility index (Phi) is 4.57. The van der Waals surface area contributed by atoms with Crippen LogP contribution in [-0.4, -0.2) is 48.4 Å². The van der Waals surface area contributed by atoms with Crippen LogP contribution in [0, 0.1) is 5.82 Å². The molecule has 1 N–H and O–H groups in total. The molecule has 2 aromatic rings. The molecule has 1 aliphatic rings. The van der Waals surface area contributed by atoms with Crippen LogP contribution in [0.4, 0.5) is 15.9 Å². The van der Waals surface area contributed by atoms with E-state index >= 15 is 0 Å². The Morgan fingerprint density at radius 2 is 1.87 bits per heavy atom. The molecular weight excluding hydrogens is 299 g/mol. The number of nitrogens with zero attached hydrogens (tertiary/aromatic N) is 4. The van der Waals surface area contributed by atoms with Gasteiger partial charge in [-0.05, 0) is 12.1 Å². The van der Waals surface area contributed by atoms with Crippen molar-refractivity contribution in [1.82, 2.24) is 9.97 Å². The number of halogens is 1. The number of aromatic nitrogens is 2. The van der Waals surface area contributed by atoms with Crippen molar-refractivity contribution >= 4 is 11.5 Å². The number of aliphatic hydroxyl groups excluding tert-OH is 1. The van der Waals surface area contributed by atoms with E-state index in [9.17, 15) is 4.39 Å². The minimum absolute atomic E-state index is 0.106. The molecule has 0 bridgehead atoms. The van der Waals surface area contributed by atoms with Gasteiger partial charge in [-0.15, -0.1) is 0 Å². The molecule has 1 saturated heterocycles. The highest BCUT2D eigenvalue weighted by atomic mass is 19.1. The number of ether oxygens (including phenoxy) is 1. The second-order valence-electron chi connectivity index (χ2n) is 5.31. The quantitative estimate of drug-likeness (QED) is 0.920. The van der Waals surface area contributed by atoms with Crippen LogP contribution in [0.1, 0.15) is 5.69 Å². The zero-order valence-electron chi connectivity index (χ0n) is 12.9. The van der Waals surface area contributed by atoms with Gasteiger partial charge in [-0.1, -0.05) is 0 Å². The van der Waals surface area contributed by atoms with Crippen molar-refractivity contribution in [3.8, 4) is 5.75 Å². The fourth-order valence-corrected chi connectivity index (χ4v) is 2.68. The zero-order valence-corrected chi connectivity index (χ0v) is 12.9. The van der Waals surface area contributed by atoms with Gasteiger partial charge in [0.15, 0.2) is 0 Å². The Morgan fingerprint density at radius 3 is 2.48 bits per heavy atom. The van der Waals surface area contributed by atoms with Crippen LogP contribution in [0.25, 0.3) is 0 Å². The van der Waals surface area contributed by atoms with Gasteiger partial charge in [0.25, 0.3) is 0 Å². The summed E-state index contributed by atoms with van der Waals surface area (Å²) >= 11 is 0. The molecule has 1 fully saturated rings. The first-order valence-electron chi connectivity index (χ1n) is 7.46. The smallest absolute Gasteiger partial charge is 0.147 e. The van der Waals surface area contributed by atoms with Crippen molar-refractivity contribution in [3.05, 3.63) is 42.1 Å². The number of hydrogen-bond donors (Lipinski definition) is 1. The highest BCUT2D eigenvalue weighted by Gasteiger charge is 2.21. The Balaban J connectivity index is 1.68. The first-order chi connectivity index (χ1) is 11.2. The fraction of sp³-hybridized carbons (Fsp3) is 0.375. The number of methoxy groups -OCH3 is 1. The largest absolute Gasteiger partial charge is 0.494 e. The number of hydrogen-bond acceptors (Lipinski definition) is 6. The maximum Gasteiger partial charge on any atom is 0.147 e. The van der Waals surface area contributed by atoms with Crippen LogP contribution in [0.2, 0.25) is 0 Å². The minimum Gasteiger partial charge on any atom is -0.494 e. The number of rotatable bonds is 4. The van der Waals surface area contributed by atoms with E-state index in [1.165, 1.54) is 12.1 Å². The Morgan fingerprint density at radius 1 is 1.13 bits per heavy atom. The lowest BCUT2D eigenvalue weighted by atomic mass is 10.2. The van der Waals surface area contributed by atoms with Crippen LogP contribution >= 0.6 is 0 Å². The highest BCUT2D eigenvalue weighted by Crippen LogP contribution is 2.30. The van der Waals surface area contributed by atoms with Crippen LogP contribution in [0.15, 0.2) is 30.6 Å². The van der Waals surface area contributed by atoms with Gasteiger partial charge >= 0.3 is 0 Å². The summed E-state index contributed by atoms with van der Waals surface area (Å²) in [6.45, 7) is 3.03. The predicted octanol–water partition coefficient (Wildman–Crippen LogP) is 1.44. The summed E-state index contributed by atoms with van der Waals surface area (Å²) in [6.07, 6.45) is 3.27. The monoisotopic (exact) mass is 318 g/mol. The lowest BCUT2D eigenvalue weighted by molar-refractivity contribution is 0.276. The summed E-state index contributed by atoms with van der Waals surface area (Å²) in [5.41, 5.74) is 1.46. The molecule has 3 rings (SSSR count). The van der Waals surface area contributed by atoms with E-state index in [1.54, 1.807) is 25.6 Å². The van der Waals surface area contributed by atoms with Gasteiger partial charge in [0.2, 0.25) is 0 Å². The summed E-state index contributed by atoms with van der Waals surface area (Å²) < 4.78 is 18.6. The molecule has 0 amide bonds. The third-order valence-electron chi connectivity index (χ3n) is 3.94. The Labute approximate surface area is 134 Å². The van der Waals surface area contributed by atoms with Crippen LogP contribution < -0.4 is 14.5 Å². The summed E-state index contributed by atoms with van der Waals surface area (Å²) in [4.78, 5) is 12.8. The average molecular weight is 318 g/mol. The van der Waals surface area contributed by atoms with E-state index in [4.69, 9.17) is 9.84 Å². The second-order valence-corrected chi connectivity index (χ2v) is 5.31. The van der Waals surface area contributed by atoms with Gasteiger partial charge in [-0.3, -0.25) is 4.98 Å². The van der Waals surface area contributed by atoms with Gasteiger partial charge < -0.3 is 19.6 Å². The Hall–Kier alpha value is -2.41. The topological polar surface area (TPSA) is 61.7 Å². The summed E-state index contributed by atoms with van der Waals surface area (Å²) in [5.74, 6) is 1.04. The molecule has 23 heavy (non-hydrogen) atoms. The lowest BCUT2D eigenvalue weighted by Gasteiger charge is -2.37.